The number of aryl methyl sites for hydroxylation is 1. The Kier molecular flexibility index (Phi) is 5.54. The molecule has 0 saturated carbocycles. The van der Waals surface area contributed by atoms with Crippen LogP contribution in [-0.4, -0.2) is 16.7 Å². The first-order valence-corrected chi connectivity index (χ1v) is 8.40. The van der Waals surface area contributed by atoms with E-state index in [1.165, 1.54) is 0 Å². The number of hydrogen-bond acceptors (Lipinski definition) is 4. The van der Waals surface area contributed by atoms with Gasteiger partial charge < -0.3 is 4.52 Å². The SMILES string of the molecule is CC(C)CC(=O)CC(C(=O)CC(C)C)c1onc2c1CCC2. The van der Waals surface area contributed by atoms with Crippen molar-refractivity contribution in [3.05, 3.63) is 17.0 Å². The van der Waals surface area contributed by atoms with E-state index in [1.807, 2.05) is 27.7 Å². The number of hydrogen-bond donors (Lipinski definition) is 0. The van der Waals surface area contributed by atoms with Crippen molar-refractivity contribution in [2.24, 2.45) is 11.8 Å². The molecule has 0 N–H and O–H groups in total. The Bertz CT molecular complexity index is 543. The molecule has 122 valence electrons. The minimum absolute atomic E-state index is 0.109. The summed E-state index contributed by atoms with van der Waals surface area (Å²) in [5.74, 6) is 1.07. The lowest BCUT2D eigenvalue weighted by molar-refractivity contribution is -0.126. The van der Waals surface area contributed by atoms with Crippen LogP contribution in [-0.2, 0) is 22.4 Å². The van der Waals surface area contributed by atoms with Gasteiger partial charge in [-0.05, 0) is 31.1 Å². The molecule has 1 atom stereocenters. The van der Waals surface area contributed by atoms with Crippen molar-refractivity contribution in [1.82, 2.24) is 5.16 Å². The number of carbonyl (C=O) groups is 2. The van der Waals surface area contributed by atoms with Crippen LogP contribution in [0.15, 0.2) is 4.52 Å². The van der Waals surface area contributed by atoms with Crippen molar-refractivity contribution in [2.45, 2.75) is 72.1 Å². The maximum atomic E-state index is 12.6. The van der Waals surface area contributed by atoms with Crippen molar-refractivity contribution >= 4 is 11.6 Å². The molecule has 1 unspecified atom stereocenters. The Labute approximate surface area is 132 Å². The molecule has 1 heterocycles. The molecule has 0 amide bonds. The van der Waals surface area contributed by atoms with Gasteiger partial charge in [-0.2, -0.15) is 0 Å². The fraction of sp³-hybridized carbons (Fsp3) is 0.722. The number of fused-ring (bicyclic) bond motifs is 1. The molecule has 0 radical (unpaired) electrons. The summed E-state index contributed by atoms with van der Waals surface area (Å²) in [6, 6.07) is 0. The molecule has 1 aromatic heterocycles. The van der Waals surface area contributed by atoms with E-state index in [0.29, 0.717) is 24.5 Å². The highest BCUT2D eigenvalue weighted by atomic mass is 16.5. The largest absolute Gasteiger partial charge is 0.360 e. The second kappa shape index (κ2) is 7.21. The molecule has 1 aliphatic rings. The van der Waals surface area contributed by atoms with E-state index in [1.54, 1.807) is 0 Å². The number of aromatic nitrogens is 1. The Morgan fingerprint density at radius 1 is 1.05 bits per heavy atom. The lowest BCUT2D eigenvalue weighted by atomic mass is 9.86. The highest BCUT2D eigenvalue weighted by molar-refractivity contribution is 5.91. The zero-order valence-electron chi connectivity index (χ0n) is 14.1. The molecule has 0 saturated heterocycles. The Hall–Kier alpha value is -1.45. The Morgan fingerprint density at radius 2 is 1.73 bits per heavy atom. The monoisotopic (exact) mass is 305 g/mol. The van der Waals surface area contributed by atoms with E-state index >= 15 is 0 Å². The third-order valence-corrected chi connectivity index (χ3v) is 4.12. The van der Waals surface area contributed by atoms with Crippen molar-refractivity contribution in [1.29, 1.82) is 0 Å². The molecule has 0 fully saturated rings. The molecule has 2 rings (SSSR count). The molecule has 0 aromatic carbocycles. The second-order valence-electron chi connectivity index (χ2n) is 7.28. The van der Waals surface area contributed by atoms with Crippen LogP contribution < -0.4 is 0 Å². The number of rotatable bonds is 8. The van der Waals surface area contributed by atoms with Gasteiger partial charge in [0.25, 0.3) is 0 Å². The fourth-order valence-electron chi connectivity index (χ4n) is 3.19. The molecule has 0 spiro atoms. The van der Waals surface area contributed by atoms with Gasteiger partial charge in [-0.3, -0.25) is 9.59 Å². The van der Waals surface area contributed by atoms with E-state index in [0.717, 1.165) is 30.5 Å². The average molecular weight is 305 g/mol. The molecule has 1 aromatic rings. The van der Waals surface area contributed by atoms with Crippen molar-refractivity contribution in [3.63, 3.8) is 0 Å². The lowest BCUT2D eigenvalue weighted by Crippen LogP contribution is -2.19. The molecule has 0 bridgehead atoms. The molecular formula is C18H27NO3. The van der Waals surface area contributed by atoms with Gasteiger partial charge in [0.15, 0.2) is 5.76 Å². The van der Waals surface area contributed by atoms with Gasteiger partial charge >= 0.3 is 0 Å². The van der Waals surface area contributed by atoms with E-state index < -0.39 is 5.92 Å². The standard InChI is InChI=1S/C18H27NO3/c1-11(2)8-13(20)10-15(17(21)9-12(3)4)18-14-6-5-7-16(14)19-22-18/h11-12,15H,5-10H2,1-4H3. The van der Waals surface area contributed by atoms with Crippen LogP contribution in [0.3, 0.4) is 0 Å². The maximum Gasteiger partial charge on any atom is 0.151 e. The smallest absolute Gasteiger partial charge is 0.151 e. The zero-order valence-corrected chi connectivity index (χ0v) is 14.1. The summed E-state index contributed by atoms with van der Waals surface area (Å²) in [5, 5.41) is 4.11. The van der Waals surface area contributed by atoms with Crippen molar-refractivity contribution in [3.8, 4) is 0 Å². The van der Waals surface area contributed by atoms with Gasteiger partial charge in [0.05, 0.1) is 11.6 Å². The van der Waals surface area contributed by atoms with Crippen LogP contribution in [0, 0.1) is 11.8 Å². The minimum atomic E-state index is -0.442. The fourth-order valence-corrected chi connectivity index (χ4v) is 3.19. The van der Waals surface area contributed by atoms with Crippen LogP contribution in [0.25, 0.3) is 0 Å². The predicted molar refractivity (Wildman–Crippen MR) is 84.8 cm³/mol. The first-order chi connectivity index (χ1) is 10.4. The van der Waals surface area contributed by atoms with Gasteiger partial charge in [-0.25, -0.2) is 0 Å². The summed E-state index contributed by atoms with van der Waals surface area (Å²) in [4.78, 5) is 24.9. The summed E-state index contributed by atoms with van der Waals surface area (Å²) in [6.07, 6.45) is 4.15. The van der Waals surface area contributed by atoms with Crippen LogP contribution in [0.1, 0.15) is 76.3 Å². The van der Waals surface area contributed by atoms with E-state index in [2.05, 4.69) is 5.16 Å². The number of nitrogens with zero attached hydrogens (tertiary/aromatic N) is 1. The van der Waals surface area contributed by atoms with Gasteiger partial charge in [-0.15, -0.1) is 0 Å². The lowest BCUT2D eigenvalue weighted by Gasteiger charge is -2.15. The van der Waals surface area contributed by atoms with Gasteiger partial charge in [0.2, 0.25) is 0 Å². The summed E-state index contributed by atoms with van der Waals surface area (Å²) in [6.45, 7) is 8.09. The molecule has 4 nitrogen and oxygen atoms in total. The normalized spacial score (nSPS) is 15.4. The third kappa shape index (κ3) is 4.05. The highest BCUT2D eigenvalue weighted by Gasteiger charge is 2.33. The summed E-state index contributed by atoms with van der Waals surface area (Å²) >= 11 is 0. The van der Waals surface area contributed by atoms with Gasteiger partial charge in [0, 0.05) is 24.8 Å². The molecule has 1 aliphatic carbocycles. The van der Waals surface area contributed by atoms with Gasteiger partial charge in [0.1, 0.15) is 11.6 Å². The Balaban J connectivity index is 2.21. The van der Waals surface area contributed by atoms with Crippen LogP contribution in [0.2, 0.25) is 0 Å². The minimum Gasteiger partial charge on any atom is -0.360 e. The van der Waals surface area contributed by atoms with Gasteiger partial charge in [-0.1, -0.05) is 32.9 Å². The quantitative estimate of drug-likeness (QED) is 0.731. The second-order valence-corrected chi connectivity index (χ2v) is 7.28. The zero-order chi connectivity index (χ0) is 16.3. The molecule has 4 heteroatoms. The van der Waals surface area contributed by atoms with E-state index in [4.69, 9.17) is 4.52 Å². The summed E-state index contributed by atoms with van der Waals surface area (Å²) < 4.78 is 5.49. The summed E-state index contributed by atoms with van der Waals surface area (Å²) in [5.41, 5.74) is 2.06. The first kappa shape index (κ1) is 16.9. The number of Topliss-reactive ketones (excluding diaryl/α,β-unsaturated/α-hetero) is 2. The first-order valence-electron chi connectivity index (χ1n) is 8.40. The predicted octanol–water partition coefficient (Wildman–Crippen LogP) is 3.87. The number of carbonyl (C=O) groups excluding carboxylic acids is 2. The van der Waals surface area contributed by atoms with Crippen LogP contribution >= 0.6 is 0 Å². The van der Waals surface area contributed by atoms with Crippen molar-refractivity contribution in [2.75, 3.05) is 0 Å². The average Bonchev–Trinajstić information content (AvgIpc) is 2.96. The number of ketones is 2. The van der Waals surface area contributed by atoms with E-state index in [-0.39, 0.29) is 23.9 Å². The van der Waals surface area contributed by atoms with Crippen LogP contribution in [0.4, 0.5) is 0 Å². The summed E-state index contributed by atoms with van der Waals surface area (Å²) in [7, 11) is 0. The maximum absolute atomic E-state index is 12.6. The Morgan fingerprint density at radius 3 is 2.36 bits per heavy atom. The van der Waals surface area contributed by atoms with E-state index in [9.17, 15) is 9.59 Å². The molecule has 0 aliphatic heterocycles. The third-order valence-electron chi connectivity index (χ3n) is 4.12. The molecule has 22 heavy (non-hydrogen) atoms. The van der Waals surface area contributed by atoms with Crippen LogP contribution in [0.5, 0.6) is 0 Å². The molecular weight excluding hydrogens is 278 g/mol. The highest BCUT2D eigenvalue weighted by Crippen LogP contribution is 2.33. The topological polar surface area (TPSA) is 60.2 Å². The van der Waals surface area contributed by atoms with Crippen molar-refractivity contribution < 1.29 is 14.1 Å².